The van der Waals surface area contributed by atoms with Gasteiger partial charge in [0.05, 0.1) is 19.8 Å². The Kier molecular flexibility index (Phi) is 4.35. The summed E-state index contributed by atoms with van der Waals surface area (Å²) < 4.78 is 11.4. The largest absolute Gasteiger partial charge is 0.496 e. The van der Waals surface area contributed by atoms with Crippen molar-refractivity contribution in [2.24, 2.45) is 5.41 Å². The van der Waals surface area contributed by atoms with Crippen LogP contribution in [0.15, 0.2) is 18.2 Å². The van der Waals surface area contributed by atoms with E-state index >= 15 is 0 Å². The third-order valence-corrected chi connectivity index (χ3v) is 4.07. The molecule has 3 heteroatoms. The molecule has 2 rings (SSSR count). The van der Waals surface area contributed by atoms with Gasteiger partial charge in [-0.05, 0) is 49.3 Å². The molecule has 1 aromatic rings. The van der Waals surface area contributed by atoms with Crippen LogP contribution in [0.2, 0.25) is 0 Å². The Balaban J connectivity index is 1.91. The monoisotopic (exact) mass is 263 g/mol. The van der Waals surface area contributed by atoms with Gasteiger partial charge in [-0.2, -0.15) is 0 Å². The molecular formula is C16H25NO2. The average Bonchev–Trinajstić information content (AvgIpc) is 2.38. The van der Waals surface area contributed by atoms with Gasteiger partial charge in [-0.3, -0.25) is 0 Å². The van der Waals surface area contributed by atoms with Gasteiger partial charge < -0.3 is 15.2 Å². The molecule has 0 atom stereocenters. The molecule has 0 heterocycles. The van der Waals surface area contributed by atoms with Crippen molar-refractivity contribution < 1.29 is 9.47 Å². The van der Waals surface area contributed by atoms with Crippen molar-refractivity contribution in [2.45, 2.75) is 52.2 Å². The minimum atomic E-state index is 0.374. The van der Waals surface area contributed by atoms with E-state index in [0.29, 0.717) is 18.1 Å². The molecule has 1 aromatic carbocycles. The number of rotatable bonds is 4. The van der Waals surface area contributed by atoms with Crippen LogP contribution in [0.25, 0.3) is 0 Å². The molecule has 1 saturated carbocycles. The highest BCUT2D eigenvalue weighted by Crippen LogP contribution is 2.36. The minimum Gasteiger partial charge on any atom is -0.496 e. The van der Waals surface area contributed by atoms with E-state index in [2.05, 4.69) is 13.8 Å². The first-order valence-electron chi connectivity index (χ1n) is 7.04. The van der Waals surface area contributed by atoms with Crippen molar-refractivity contribution in [2.75, 3.05) is 12.8 Å². The van der Waals surface area contributed by atoms with E-state index in [0.717, 1.165) is 29.8 Å². The summed E-state index contributed by atoms with van der Waals surface area (Å²) in [6.45, 7) is 5.26. The number of benzene rings is 1. The molecule has 0 aromatic heterocycles. The lowest BCUT2D eigenvalue weighted by Crippen LogP contribution is -2.26. The Hall–Kier alpha value is -1.22. The third-order valence-electron chi connectivity index (χ3n) is 4.07. The van der Waals surface area contributed by atoms with E-state index in [9.17, 15) is 0 Å². The molecule has 1 fully saturated rings. The summed E-state index contributed by atoms with van der Waals surface area (Å²) in [5.74, 6) is 0.852. The molecule has 3 nitrogen and oxygen atoms in total. The second-order valence-corrected chi connectivity index (χ2v) is 6.25. The molecule has 1 aliphatic carbocycles. The second-order valence-electron chi connectivity index (χ2n) is 6.25. The molecule has 2 N–H and O–H groups in total. The van der Waals surface area contributed by atoms with Gasteiger partial charge in [-0.15, -0.1) is 0 Å². The predicted octanol–water partition coefficient (Wildman–Crippen LogP) is 3.76. The van der Waals surface area contributed by atoms with Gasteiger partial charge in [-0.1, -0.05) is 13.8 Å². The SMILES string of the molecule is COc1ccc(N)cc1COC1CCC(C)(C)CC1. The van der Waals surface area contributed by atoms with E-state index in [4.69, 9.17) is 15.2 Å². The number of hydrogen-bond acceptors (Lipinski definition) is 3. The number of anilines is 1. The van der Waals surface area contributed by atoms with Crippen LogP contribution in [-0.2, 0) is 11.3 Å². The lowest BCUT2D eigenvalue weighted by molar-refractivity contribution is -0.00619. The van der Waals surface area contributed by atoms with Gasteiger partial charge in [0.25, 0.3) is 0 Å². The molecule has 0 radical (unpaired) electrons. The van der Waals surface area contributed by atoms with Crippen LogP contribution < -0.4 is 10.5 Å². The molecule has 106 valence electrons. The van der Waals surface area contributed by atoms with Gasteiger partial charge in [-0.25, -0.2) is 0 Å². The molecular weight excluding hydrogens is 238 g/mol. The van der Waals surface area contributed by atoms with E-state index in [1.54, 1.807) is 7.11 Å². The highest BCUT2D eigenvalue weighted by molar-refractivity contribution is 5.47. The number of hydrogen-bond donors (Lipinski definition) is 1. The Bertz CT molecular complexity index is 419. The lowest BCUT2D eigenvalue weighted by atomic mass is 9.76. The lowest BCUT2D eigenvalue weighted by Gasteiger charge is -2.34. The molecule has 0 unspecified atom stereocenters. The third kappa shape index (κ3) is 3.87. The summed E-state index contributed by atoms with van der Waals surface area (Å²) in [6, 6.07) is 5.69. The number of nitrogen functional groups attached to an aromatic ring is 1. The number of methoxy groups -OCH3 is 1. The van der Waals surface area contributed by atoms with Crippen molar-refractivity contribution in [3.05, 3.63) is 23.8 Å². The summed E-state index contributed by atoms with van der Waals surface area (Å²) in [7, 11) is 1.68. The molecule has 0 spiro atoms. The zero-order valence-corrected chi connectivity index (χ0v) is 12.2. The predicted molar refractivity (Wildman–Crippen MR) is 78.2 cm³/mol. The maximum absolute atomic E-state index is 6.02. The van der Waals surface area contributed by atoms with Gasteiger partial charge in [0.15, 0.2) is 0 Å². The van der Waals surface area contributed by atoms with Crippen LogP contribution >= 0.6 is 0 Å². The van der Waals surface area contributed by atoms with Gasteiger partial charge in [0.2, 0.25) is 0 Å². The second kappa shape index (κ2) is 5.83. The Morgan fingerprint density at radius 2 is 1.95 bits per heavy atom. The average molecular weight is 263 g/mol. The summed E-state index contributed by atoms with van der Waals surface area (Å²) in [5, 5.41) is 0. The fourth-order valence-corrected chi connectivity index (χ4v) is 2.66. The van der Waals surface area contributed by atoms with E-state index < -0.39 is 0 Å². The molecule has 0 saturated heterocycles. The number of nitrogens with two attached hydrogens (primary N) is 1. The van der Waals surface area contributed by atoms with E-state index in [1.165, 1.54) is 12.8 Å². The van der Waals surface area contributed by atoms with Crippen LogP contribution in [0.1, 0.15) is 45.1 Å². The van der Waals surface area contributed by atoms with Crippen LogP contribution in [0.4, 0.5) is 5.69 Å². The van der Waals surface area contributed by atoms with Crippen LogP contribution in [0.5, 0.6) is 5.75 Å². The molecule has 1 aliphatic rings. The summed E-state index contributed by atoms with van der Waals surface area (Å²) in [5.41, 5.74) is 8.08. The molecule has 0 aliphatic heterocycles. The minimum absolute atomic E-state index is 0.374. The van der Waals surface area contributed by atoms with E-state index in [-0.39, 0.29) is 0 Å². The first kappa shape index (κ1) is 14.2. The topological polar surface area (TPSA) is 44.5 Å². The van der Waals surface area contributed by atoms with Gasteiger partial charge in [0, 0.05) is 11.3 Å². The maximum atomic E-state index is 6.02. The first-order valence-corrected chi connectivity index (χ1v) is 7.04. The highest BCUT2D eigenvalue weighted by atomic mass is 16.5. The van der Waals surface area contributed by atoms with Crippen molar-refractivity contribution in [1.82, 2.24) is 0 Å². The quantitative estimate of drug-likeness (QED) is 0.841. The molecule has 0 amide bonds. The summed E-state index contributed by atoms with van der Waals surface area (Å²) in [4.78, 5) is 0. The van der Waals surface area contributed by atoms with Crippen molar-refractivity contribution >= 4 is 5.69 Å². The zero-order chi connectivity index (χ0) is 13.9. The van der Waals surface area contributed by atoms with E-state index in [1.807, 2.05) is 18.2 Å². The van der Waals surface area contributed by atoms with Gasteiger partial charge in [0.1, 0.15) is 5.75 Å². The smallest absolute Gasteiger partial charge is 0.124 e. The van der Waals surface area contributed by atoms with Crippen molar-refractivity contribution in [3.63, 3.8) is 0 Å². The Morgan fingerprint density at radius 1 is 1.26 bits per heavy atom. The fourth-order valence-electron chi connectivity index (χ4n) is 2.66. The van der Waals surface area contributed by atoms with Crippen molar-refractivity contribution in [3.8, 4) is 5.75 Å². The summed E-state index contributed by atoms with van der Waals surface area (Å²) in [6.07, 6.45) is 5.16. The fraction of sp³-hybridized carbons (Fsp3) is 0.625. The molecule has 0 bridgehead atoms. The maximum Gasteiger partial charge on any atom is 0.124 e. The summed E-state index contributed by atoms with van der Waals surface area (Å²) >= 11 is 0. The molecule has 19 heavy (non-hydrogen) atoms. The van der Waals surface area contributed by atoms with Crippen LogP contribution in [0.3, 0.4) is 0 Å². The highest BCUT2D eigenvalue weighted by Gasteiger charge is 2.27. The Labute approximate surface area is 116 Å². The standard InChI is InChI=1S/C16H25NO2/c1-16(2)8-6-14(7-9-16)19-11-12-10-13(17)4-5-15(12)18-3/h4-5,10,14H,6-9,11,17H2,1-3H3. The van der Waals surface area contributed by atoms with Crippen LogP contribution in [-0.4, -0.2) is 13.2 Å². The normalized spacial score (nSPS) is 19.3. The van der Waals surface area contributed by atoms with Crippen molar-refractivity contribution in [1.29, 1.82) is 0 Å². The zero-order valence-electron chi connectivity index (χ0n) is 12.2. The first-order chi connectivity index (χ1) is 9.00. The van der Waals surface area contributed by atoms with Gasteiger partial charge >= 0.3 is 0 Å². The van der Waals surface area contributed by atoms with Crippen LogP contribution in [0, 0.1) is 5.41 Å². The Morgan fingerprint density at radius 3 is 2.58 bits per heavy atom. The number of ether oxygens (including phenoxy) is 2.